The highest BCUT2D eigenvalue weighted by molar-refractivity contribution is 4.88. The molecule has 0 amide bonds. The van der Waals surface area contributed by atoms with E-state index in [1.165, 1.54) is 0 Å². The van der Waals surface area contributed by atoms with Crippen molar-refractivity contribution < 1.29 is 5.11 Å². The molecule has 2 atom stereocenters. The number of likely N-dealkylation sites (N-methyl/N-ethyl adjacent to an activating group) is 1. The number of β-amino-alcohol motifs (C(OH)–C–C–N with tert-alkyl or cyclic N) is 1. The van der Waals surface area contributed by atoms with Gasteiger partial charge in [-0.25, -0.2) is 0 Å². The van der Waals surface area contributed by atoms with Crippen LogP contribution in [0.1, 0.15) is 20.8 Å². The Balaban J connectivity index is 2.60. The van der Waals surface area contributed by atoms with Gasteiger partial charge in [-0.05, 0) is 12.5 Å². The highest BCUT2D eigenvalue weighted by Crippen LogP contribution is 2.33. The lowest BCUT2D eigenvalue weighted by Crippen LogP contribution is -2.30. The molecule has 0 aliphatic carbocycles. The number of likely N-dealkylation sites (tertiary alicyclic amines) is 1. The summed E-state index contributed by atoms with van der Waals surface area (Å²) in [6.07, 6.45) is -0.125. The minimum absolute atomic E-state index is 0.125. The van der Waals surface area contributed by atoms with Gasteiger partial charge in [0.1, 0.15) is 0 Å². The minimum Gasteiger partial charge on any atom is -0.391 e. The second kappa shape index (κ2) is 2.76. The Morgan fingerprint density at radius 2 is 1.82 bits per heavy atom. The van der Waals surface area contributed by atoms with E-state index in [-0.39, 0.29) is 11.5 Å². The fourth-order valence-corrected chi connectivity index (χ4v) is 1.83. The van der Waals surface area contributed by atoms with E-state index in [0.717, 1.165) is 13.1 Å². The summed E-state index contributed by atoms with van der Waals surface area (Å²) < 4.78 is 0. The second-order valence-corrected chi connectivity index (χ2v) is 4.76. The van der Waals surface area contributed by atoms with Gasteiger partial charge < -0.3 is 10.0 Å². The van der Waals surface area contributed by atoms with Crippen LogP contribution >= 0.6 is 0 Å². The number of rotatable bonds is 0. The highest BCUT2D eigenvalue weighted by atomic mass is 16.3. The average Bonchev–Trinajstić information content (AvgIpc) is 2.08. The van der Waals surface area contributed by atoms with E-state index in [0.29, 0.717) is 5.92 Å². The van der Waals surface area contributed by atoms with Crippen molar-refractivity contribution in [2.24, 2.45) is 11.3 Å². The Hall–Kier alpha value is -0.0800. The van der Waals surface area contributed by atoms with Gasteiger partial charge in [0.25, 0.3) is 0 Å². The van der Waals surface area contributed by atoms with E-state index in [1.54, 1.807) is 0 Å². The largest absolute Gasteiger partial charge is 0.391 e. The quantitative estimate of drug-likeness (QED) is 0.566. The van der Waals surface area contributed by atoms with Crippen molar-refractivity contribution in [1.82, 2.24) is 4.90 Å². The first-order chi connectivity index (χ1) is 4.91. The zero-order valence-corrected chi connectivity index (χ0v) is 7.96. The normalized spacial score (nSPS) is 34.6. The molecule has 0 unspecified atom stereocenters. The van der Waals surface area contributed by atoms with Crippen molar-refractivity contribution in [3.05, 3.63) is 0 Å². The van der Waals surface area contributed by atoms with Crippen LogP contribution in [0.5, 0.6) is 0 Å². The van der Waals surface area contributed by atoms with Crippen molar-refractivity contribution in [1.29, 1.82) is 0 Å². The van der Waals surface area contributed by atoms with Crippen molar-refractivity contribution in [2.45, 2.75) is 26.9 Å². The molecule has 1 fully saturated rings. The predicted octanol–water partition coefficient (Wildman–Crippen LogP) is 0.955. The van der Waals surface area contributed by atoms with E-state index in [9.17, 15) is 5.11 Å². The van der Waals surface area contributed by atoms with Gasteiger partial charge in [0, 0.05) is 19.0 Å². The Morgan fingerprint density at radius 1 is 1.27 bits per heavy atom. The lowest BCUT2D eigenvalue weighted by Gasteiger charge is -2.28. The summed E-state index contributed by atoms with van der Waals surface area (Å²) in [4.78, 5) is 2.20. The van der Waals surface area contributed by atoms with Crippen LogP contribution in [0.3, 0.4) is 0 Å². The average molecular weight is 157 g/mol. The zero-order valence-electron chi connectivity index (χ0n) is 7.96. The first-order valence-corrected chi connectivity index (χ1v) is 4.28. The van der Waals surface area contributed by atoms with Crippen LogP contribution in [0.2, 0.25) is 0 Å². The third kappa shape index (κ3) is 1.94. The molecule has 1 N–H and O–H groups in total. The molecule has 1 aliphatic heterocycles. The van der Waals surface area contributed by atoms with E-state index < -0.39 is 0 Å². The van der Waals surface area contributed by atoms with Crippen molar-refractivity contribution in [3.8, 4) is 0 Å². The Morgan fingerprint density at radius 3 is 2.00 bits per heavy atom. The molecule has 0 aromatic heterocycles. The summed E-state index contributed by atoms with van der Waals surface area (Å²) in [5.74, 6) is 0.437. The summed E-state index contributed by atoms with van der Waals surface area (Å²) in [5.41, 5.74) is 0.240. The second-order valence-electron chi connectivity index (χ2n) is 4.76. The molecule has 0 spiro atoms. The maximum atomic E-state index is 9.65. The standard InChI is InChI=1S/C9H19NO/c1-9(2,3)7-5-10(4)6-8(7)11/h7-8,11H,5-6H2,1-4H3/t7-,8+/m0/s1. The zero-order chi connectivity index (χ0) is 8.65. The van der Waals surface area contributed by atoms with E-state index in [4.69, 9.17) is 0 Å². The van der Waals surface area contributed by atoms with Crippen LogP contribution in [-0.4, -0.2) is 36.2 Å². The summed E-state index contributed by atoms with van der Waals surface area (Å²) in [6, 6.07) is 0. The number of nitrogens with zero attached hydrogens (tertiary/aromatic N) is 1. The SMILES string of the molecule is CN1C[C@@H](O)[C@@H](C(C)(C)C)C1. The van der Waals surface area contributed by atoms with Gasteiger partial charge in [0.05, 0.1) is 6.10 Å². The molecule has 0 bridgehead atoms. The van der Waals surface area contributed by atoms with Crippen LogP contribution in [0.4, 0.5) is 0 Å². The molecular weight excluding hydrogens is 138 g/mol. The number of aliphatic hydroxyl groups is 1. The van der Waals surface area contributed by atoms with Gasteiger partial charge in [-0.1, -0.05) is 20.8 Å². The molecule has 2 heteroatoms. The van der Waals surface area contributed by atoms with Crippen molar-refractivity contribution >= 4 is 0 Å². The minimum atomic E-state index is -0.125. The van der Waals surface area contributed by atoms with E-state index in [1.807, 2.05) is 0 Å². The van der Waals surface area contributed by atoms with Gasteiger partial charge in [-0.15, -0.1) is 0 Å². The summed E-state index contributed by atoms with van der Waals surface area (Å²) >= 11 is 0. The number of aliphatic hydroxyl groups excluding tert-OH is 1. The van der Waals surface area contributed by atoms with E-state index in [2.05, 4.69) is 32.7 Å². The van der Waals surface area contributed by atoms with Crippen LogP contribution < -0.4 is 0 Å². The van der Waals surface area contributed by atoms with Crippen molar-refractivity contribution in [3.63, 3.8) is 0 Å². The highest BCUT2D eigenvalue weighted by Gasteiger charge is 2.37. The van der Waals surface area contributed by atoms with Gasteiger partial charge in [0.15, 0.2) is 0 Å². The fourth-order valence-electron chi connectivity index (χ4n) is 1.83. The summed E-state index contributed by atoms with van der Waals surface area (Å²) in [6.45, 7) is 8.45. The maximum absolute atomic E-state index is 9.65. The molecular formula is C9H19NO. The number of hydrogen-bond acceptors (Lipinski definition) is 2. The molecule has 2 nitrogen and oxygen atoms in total. The third-order valence-electron chi connectivity index (χ3n) is 2.58. The molecule has 1 aliphatic rings. The van der Waals surface area contributed by atoms with Crippen molar-refractivity contribution in [2.75, 3.05) is 20.1 Å². The predicted molar refractivity (Wildman–Crippen MR) is 46.4 cm³/mol. The molecule has 1 heterocycles. The third-order valence-corrected chi connectivity index (χ3v) is 2.58. The van der Waals surface area contributed by atoms with Gasteiger partial charge >= 0.3 is 0 Å². The molecule has 0 radical (unpaired) electrons. The Kier molecular flexibility index (Phi) is 2.26. The van der Waals surface area contributed by atoms with Crippen LogP contribution in [0.15, 0.2) is 0 Å². The fraction of sp³-hybridized carbons (Fsp3) is 1.00. The summed E-state index contributed by atoms with van der Waals surface area (Å²) in [7, 11) is 2.06. The molecule has 66 valence electrons. The first-order valence-electron chi connectivity index (χ1n) is 4.28. The van der Waals surface area contributed by atoms with Gasteiger partial charge in [-0.3, -0.25) is 0 Å². The van der Waals surface area contributed by atoms with Gasteiger partial charge in [0.2, 0.25) is 0 Å². The smallest absolute Gasteiger partial charge is 0.0712 e. The van der Waals surface area contributed by atoms with Gasteiger partial charge in [-0.2, -0.15) is 0 Å². The lowest BCUT2D eigenvalue weighted by atomic mass is 9.79. The monoisotopic (exact) mass is 157 g/mol. The molecule has 11 heavy (non-hydrogen) atoms. The van der Waals surface area contributed by atoms with E-state index >= 15 is 0 Å². The molecule has 1 rings (SSSR count). The summed E-state index contributed by atoms with van der Waals surface area (Å²) in [5, 5.41) is 9.65. The maximum Gasteiger partial charge on any atom is 0.0712 e. The lowest BCUT2D eigenvalue weighted by molar-refractivity contribution is 0.0826. The van der Waals surface area contributed by atoms with Crippen LogP contribution in [0, 0.1) is 11.3 Å². The topological polar surface area (TPSA) is 23.5 Å². The molecule has 0 aromatic rings. The number of hydrogen-bond donors (Lipinski definition) is 1. The Labute approximate surface area is 69.2 Å². The molecule has 0 saturated carbocycles. The first kappa shape index (κ1) is 9.01. The van der Waals surface area contributed by atoms with Crippen LogP contribution in [0.25, 0.3) is 0 Å². The Bertz CT molecular complexity index is 139. The molecule has 0 aromatic carbocycles. The van der Waals surface area contributed by atoms with Crippen LogP contribution in [-0.2, 0) is 0 Å². The molecule has 1 saturated heterocycles.